The number of urea groups is 1. The van der Waals surface area contributed by atoms with Gasteiger partial charge in [-0.1, -0.05) is 13.8 Å². The van der Waals surface area contributed by atoms with Crippen LogP contribution in [0, 0.1) is 5.92 Å². The number of aliphatic hydroxyl groups is 1. The van der Waals surface area contributed by atoms with Crippen LogP contribution < -0.4 is 10.6 Å². The van der Waals surface area contributed by atoms with E-state index < -0.39 is 0 Å². The third kappa shape index (κ3) is 6.54. The molecule has 6 heteroatoms. The van der Waals surface area contributed by atoms with Crippen molar-refractivity contribution in [2.75, 3.05) is 6.54 Å². The maximum atomic E-state index is 11.6. The number of aromatic nitrogens is 1. The van der Waals surface area contributed by atoms with Crippen molar-refractivity contribution in [1.82, 2.24) is 15.6 Å². The Bertz CT molecular complexity index is 393. The Labute approximate surface area is 118 Å². The quantitative estimate of drug-likeness (QED) is 0.716. The van der Waals surface area contributed by atoms with Crippen LogP contribution in [-0.2, 0) is 13.0 Å². The van der Waals surface area contributed by atoms with Crippen LogP contribution in [0.3, 0.4) is 0 Å². The van der Waals surface area contributed by atoms with Gasteiger partial charge in [-0.05, 0) is 25.7 Å². The lowest BCUT2D eigenvalue weighted by Crippen LogP contribution is -2.37. The molecule has 0 saturated heterocycles. The first-order valence-corrected chi connectivity index (χ1v) is 7.52. The van der Waals surface area contributed by atoms with Crippen LogP contribution in [-0.4, -0.2) is 28.8 Å². The molecule has 0 spiro atoms. The molecule has 0 aliphatic rings. The van der Waals surface area contributed by atoms with Crippen molar-refractivity contribution in [3.05, 3.63) is 16.1 Å². The summed E-state index contributed by atoms with van der Waals surface area (Å²) < 4.78 is 0. The lowest BCUT2D eigenvalue weighted by molar-refractivity contribution is 0.163. The molecule has 2 atom stereocenters. The maximum absolute atomic E-state index is 11.6. The van der Waals surface area contributed by atoms with Gasteiger partial charge in [-0.3, -0.25) is 0 Å². The zero-order chi connectivity index (χ0) is 14.3. The molecule has 0 radical (unpaired) electrons. The molecule has 0 aromatic carbocycles. The minimum atomic E-state index is -0.331. The normalized spacial score (nSPS) is 13.9. The molecule has 0 fully saturated rings. The van der Waals surface area contributed by atoms with E-state index in [-0.39, 0.29) is 18.1 Å². The monoisotopic (exact) mass is 285 g/mol. The van der Waals surface area contributed by atoms with Crippen molar-refractivity contribution in [2.45, 2.75) is 46.3 Å². The van der Waals surface area contributed by atoms with Gasteiger partial charge in [0.15, 0.2) is 0 Å². The molecular formula is C13H23N3O2S. The molecule has 0 bridgehead atoms. The molecule has 1 rings (SSSR count). The molecule has 2 amide bonds. The average molecular weight is 285 g/mol. The van der Waals surface area contributed by atoms with Gasteiger partial charge in [0, 0.05) is 11.9 Å². The standard InChI is InChI=1S/C13H23N3O2S/c1-4-12-16-11(8-19-12)7-15-13(18)14-6-9(2)5-10(3)17/h8-10,17H,4-7H2,1-3H3,(H2,14,15,18). The molecule has 1 aromatic rings. The summed E-state index contributed by atoms with van der Waals surface area (Å²) in [5, 5.41) is 17.9. The summed E-state index contributed by atoms with van der Waals surface area (Å²) in [6.45, 7) is 6.83. The first-order chi connectivity index (χ1) is 9.01. The van der Waals surface area contributed by atoms with E-state index in [0.29, 0.717) is 19.5 Å². The molecule has 5 nitrogen and oxygen atoms in total. The summed E-state index contributed by atoms with van der Waals surface area (Å²) in [7, 11) is 0. The largest absolute Gasteiger partial charge is 0.393 e. The van der Waals surface area contributed by atoms with Gasteiger partial charge < -0.3 is 15.7 Å². The Morgan fingerprint density at radius 1 is 1.47 bits per heavy atom. The summed E-state index contributed by atoms with van der Waals surface area (Å²) in [5.74, 6) is 0.261. The molecular weight excluding hydrogens is 262 g/mol. The van der Waals surface area contributed by atoms with Gasteiger partial charge in [0.05, 0.1) is 23.4 Å². The SMILES string of the molecule is CCc1nc(CNC(=O)NCC(C)CC(C)O)cs1. The fraction of sp³-hybridized carbons (Fsp3) is 0.692. The Morgan fingerprint density at radius 2 is 2.21 bits per heavy atom. The fourth-order valence-electron chi connectivity index (χ4n) is 1.76. The number of carbonyl (C=O) groups is 1. The lowest BCUT2D eigenvalue weighted by atomic mass is 10.1. The summed E-state index contributed by atoms with van der Waals surface area (Å²) >= 11 is 1.62. The van der Waals surface area contributed by atoms with Gasteiger partial charge in [-0.2, -0.15) is 0 Å². The van der Waals surface area contributed by atoms with E-state index in [1.54, 1.807) is 18.3 Å². The Morgan fingerprint density at radius 3 is 2.79 bits per heavy atom. The number of carbonyl (C=O) groups excluding carboxylic acids is 1. The van der Waals surface area contributed by atoms with E-state index >= 15 is 0 Å². The number of aliphatic hydroxyl groups excluding tert-OH is 1. The van der Waals surface area contributed by atoms with E-state index in [2.05, 4.69) is 22.5 Å². The minimum absolute atomic E-state index is 0.191. The molecule has 3 N–H and O–H groups in total. The van der Waals surface area contributed by atoms with E-state index in [4.69, 9.17) is 0 Å². The van der Waals surface area contributed by atoms with Gasteiger partial charge in [-0.25, -0.2) is 9.78 Å². The molecule has 1 heterocycles. The zero-order valence-electron chi connectivity index (χ0n) is 11.8. The minimum Gasteiger partial charge on any atom is -0.393 e. The molecule has 1 aromatic heterocycles. The first-order valence-electron chi connectivity index (χ1n) is 6.64. The van der Waals surface area contributed by atoms with Gasteiger partial charge in [0.1, 0.15) is 0 Å². The second-order valence-corrected chi connectivity index (χ2v) is 5.78. The highest BCUT2D eigenvalue weighted by molar-refractivity contribution is 7.09. The average Bonchev–Trinajstić information content (AvgIpc) is 2.81. The molecule has 2 unspecified atom stereocenters. The number of amides is 2. The van der Waals surface area contributed by atoms with Gasteiger partial charge >= 0.3 is 6.03 Å². The van der Waals surface area contributed by atoms with E-state index in [0.717, 1.165) is 17.1 Å². The van der Waals surface area contributed by atoms with Crippen LogP contribution in [0.1, 0.15) is 37.9 Å². The Balaban J connectivity index is 2.20. The second kappa shape index (κ2) is 8.12. The zero-order valence-corrected chi connectivity index (χ0v) is 12.6. The molecule has 19 heavy (non-hydrogen) atoms. The maximum Gasteiger partial charge on any atom is 0.315 e. The highest BCUT2D eigenvalue weighted by Crippen LogP contribution is 2.09. The van der Waals surface area contributed by atoms with Crippen molar-refractivity contribution in [3.8, 4) is 0 Å². The predicted octanol–water partition coefficient (Wildman–Crippen LogP) is 1.91. The van der Waals surface area contributed by atoms with Crippen LogP contribution >= 0.6 is 11.3 Å². The third-order valence-corrected chi connectivity index (χ3v) is 3.73. The third-order valence-electron chi connectivity index (χ3n) is 2.69. The Kier molecular flexibility index (Phi) is 6.80. The number of hydrogen-bond acceptors (Lipinski definition) is 4. The molecule has 108 valence electrons. The summed E-state index contributed by atoms with van der Waals surface area (Å²) in [5.41, 5.74) is 0.897. The van der Waals surface area contributed by atoms with Crippen molar-refractivity contribution in [1.29, 1.82) is 0 Å². The summed E-state index contributed by atoms with van der Waals surface area (Å²) in [6, 6.07) is -0.191. The van der Waals surface area contributed by atoms with E-state index in [1.165, 1.54) is 0 Å². The fourth-order valence-corrected chi connectivity index (χ4v) is 2.50. The summed E-state index contributed by atoms with van der Waals surface area (Å²) in [6.07, 6.45) is 1.28. The van der Waals surface area contributed by atoms with Crippen LogP contribution in [0.25, 0.3) is 0 Å². The smallest absolute Gasteiger partial charge is 0.315 e. The van der Waals surface area contributed by atoms with Crippen molar-refractivity contribution >= 4 is 17.4 Å². The molecule has 0 aliphatic carbocycles. The number of aryl methyl sites for hydroxylation is 1. The highest BCUT2D eigenvalue weighted by Gasteiger charge is 2.08. The summed E-state index contributed by atoms with van der Waals surface area (Å²) in [4.78, 5) is 16.0. The van der Waals surface area contributed by atoms with Gasteiger partial charge in [0.2, 0.25) is 0 Å². The van der Waals surface area contributed by atoms with Crippen LogP contribution in [0.15, 0.2) is 5.38 Å². The van der Waals surface area contributed by atoms with E-state index in [9.17, 15) is 9.90 Å². The van der Waals surface area contributed by atoms with Crippen molar-refractivity contribution in [2.24, 2.45) is 5.92 Å². The Hall–Kier alpha value is -1.14. The topological polar surface area (TPSA) is 74.2 Å². The van der Waals surface area contributed by atoms with Gasteiger partial charge in [0.25, 0.3) is 0 Å². The van der Waals surface area contributed by atoms with Crippen molar-refractivity contribution in [3.63, 3.8) is 0 Å². The van der Waals surface area contributed by atoms with Crippen LogP contribution in [0.4, 0.5) is 4.79 Å². The lowest BCUT2D eigenvalue weighted by Gasteiger charge is -2.14. The number of hydrogen-bond donors (Lipinski definition) is 3. The highest BCUT2D eigenvalue weighted by atomic mass is 32.1. The number of thiazole rings is 1. The first kappa shape index (κ1) is 15.9. The number of nitrogens with one attached hydrogen (secondary N) is 2. The molecule has 0 saturated carbocycles. The van der Waals surface area contributed by atoms with Gasteiger partial charge in [-0.15, -0.1) is 11.3 Å². The van der Waals surface area contributed by atoms with Crippen LogP contribution in [0.5, 0.6) is 0 Å². The number of rotatable bonds is 7. The second-order valence-electron chi connectivity index (χ2n) is 4.84. The van der Waals surface area contributed by atoms with Crippen LogP contribution in [0.2, 0.25) is 0 Å². The van der Waals surface area contributed by atoms with Crippen molar-refractivity contribution < 1.29 is 9.90 Å². The number of nitrogens with zero attached hydrogens (tertiary/aromatic N) is 1. The van der Waals surface area contributed by atoms with E-state index in [1.807, 2.05) is 12.3 Å². The predicted molar refractivity (Wildman–Crippen MR) is 77.2 cm³/mol. The molecule has 0 aliphatic heterocycles.